The first-order valence-corrected chi connectivity index (χ1v) is 7.38. The van der Waals surface area contributed by atoms with Gasteiger partial charge in [0, 0.05) is 5.38 Å². The largest absolute Gasteiger partial charge is 0.490 e. The van der Waals surface area contributed by atoms with E-state index in [4.69, 9.17) is 10.5 Å². The summed E-state index contributed by atoms with van der Waals surface area (Å²) in [5, 5.41) is 2.50. The number of hydrogen-bond acceptors (Lipinski definition) is 5. The Kier molecular flexibility index (Phi) is 4.52. The van der Waals surface area contributed by atoms with Gasteiger partial charge < -0.3 is 10.5 Å². The zero-order chi connectivity index (χ0) is 14.7. The lowest BCUT2D eigenvalue weighted by Gasteiger charge is -2.12. The van der Waals surface area contributed by atoms with Crippen molar-refractivity contribution in [3.63, 3.8) is 0 Å². The van der Waals surface area contributed by atoms with Gasteiger partial charge in [0.1, 0.15) is 16.5 Å². The number of para-hydroxylation sites is 1. The summed E-state index contributed by atoms with van der Waals surface area (Å²) in [4.78, 5) is 16.8. The Morgan fingerprint density at radius 3 is 2.60 bits per heavy atom. The molecule has 0 saturated carbocycles. The quantitative estimate of drug-likeness (QED) is 0.859. The minimum absolute atomic E-state index is 0.0130. The van der Waals surface area contributed by atoms with Crippen LogP contribution < -0.4 is 10.5 Å². The van der Waals surface area contributed by atoms with Gasteiger partial charge >= 0.3 is 0 Å². The van der Waals surface area contributed by atoms with Crippen LogP contribution in [-0.4, -0.2) is 16.9 Å². The first kappa shape index (κ1) is 14.7. The summed E-state index contributed by atoms with van der Waals surface area (Å²) < 4.78 is 5.67. The van der Waals surface area contributed by atoms with E-state index in [1.807, 2.05) is 32.9 Å². The predicted octanol–water partition coefficient (Wildman–Crippen LogP) is 3.18. The third-order valence-corrected chi connectivity index (χ3v) is 3.68. The molecule has 0 spiro atoms. The van der Waals surface area contributed by atoms with Crippen LogP contribution in [0.25, 0.3) is 0 Å². The van der Waals surface area contributed by atoms with Gasteiger partial charge in [-0.3, -0.25) is 4.79 Å². The highest BCUT2D eigenvalue weighted by Gasteiger charge is 2.18. The van der Waals surface area contributed by atoms with E-state index in [0.717, 1.165) is 5.01 Å². The van der Waals surface area contributed by atoms with Gasteiger partial charge in [0.25, 0.3) is 0 Å². The molecule has 1 unspecified atom stereocenters. The summed E-state index contributed by atoms with van der Waals surface area (Å²) in [7, 11) is 0. The van der Waals surface area contributed by atoms with E-state index < -0.39 is 0 Å². The van der Waals surface area contributed by atoms with Crippen molar-refractivity contribution < 1.29 is 9.53 Å². The molecule has 0 aliphatic heterocycles. The second-order valence-corrected chi connectivity index (χ2v) is 5.74. The average Bonchev–Trinajstić information content (AvgIpc) is 2.87. The van der Waals surface area contributed by atoms with E-state index in [2.05, 4.69) is 4.98 Å². The fraction of sp³-hybridized carbons (Fsp3) is 0.333. The summed E-state index contributed by atoms with van der Waals surface area (Å²) in [6, 6.07) is 7.06. The number of aromatic nitrogens is 1. The Morgan fingerprint density at radius 2 is 2.00 bits per heavy atom. The van der Waals surface area contributed by atoms with E-state index in [1.165, 1.54) is 11.3 Å². The van der Waals surface area contributed by atoms with E-state index in [1.54, 1.807) is 17.5 Å². The molecule has 0 saturated heterocycles. The normalized spacial score (nSPS) is 12.4. The van der Waals surface area contributed by atoms with Crippen LogP contribution >= 0.6 is 11.3 Å². The SMILES string of the molecule is CC(C)Oc1ccccc1C(=O)c1csc(C(C)N)n1. The van der Waals surface area contributed by atoms with Crippen LogP contribution in [0.15, 0.2) is 29.6 Å². The molecule has 0 fully saturated rings. The Morgan fingerprint density at radius 1 is 1.30 bits per heavy atom. The highest BCUT2D eigenvalue weighted by atomic mass is 32.1. The number of nitrogens with two attached hydrogens (primary N) is 1. The van der Waals surface area contributed by atoms with Gasteiger partial charge in [-0.05, 0) is 32.9 Å². The molecule has 5 heteroatoms. The third-order valence-electron chi connectivity index (χ3n) is 2.64. The number of nitrogens with zero attached hydrogens (tertiary/aromatic N) is 1. The Labute approximate surface area is 122 Å². The minimum atomic E-state index is -0.163. The Bertz CT molecular complexity index is 605. The third kappa shape index (κ3) is 3.23. The summed E-state index contributed by atoms with van der Waals surface area (Å²) in [6.45, 7) is 5.71. The number of hydrogen-bond donors (Lipinski definition) is 1. The van der Waals surface area contributed by atoms with Crippen LogP contribution in [0, 0.1) is 0 Å². The topological polar surface area (TPSA) is 65.2 Å². The van der Waals surface area contributed by atoms with E-state index in [0.29, 0.717) is 17.0 Å². The summed E-state index contributed by atoms with van der Waals surface area (Å²) in [5.74, 6) is 0.451. The minimum Gasteiger partial charge on any atom is -0.490 e. The highest BCUT2D eigenvalue weighted by molar-refractivity contribution is 7.09. The molecule has 0 aliphatic carbocycles. The first-order chi connectivity index (χ1) is 9.49. The van der Waals surface area contributed by atoms with Crippen molar-refractivity contribution in [3.8, 4) is 5.75 Å². The van der Waals surface area contributed by atoms with Crippen molar-refractivity contribution in [1.29, 1.82) is 0 Å². The smallest absolute Gasteiger partial charge is 0.215 e. The van der Waals surface area contributed by atoms with Crippen molar-refractivity contribution in [2.24, 2.45) is 5.73 Å². The average molecular weight is 290 g/mol. The van der Waals surface area contributed by atoms with E-state index in [-0.39, 0.29) is 17.9 Å². The molecule has 1 heterocycles. The lowest BCUT2D eigenvalue weighted by Crippen LogP contribution is -2.11. The molecule has 4 nitrogen and oxygen atoms in total. The second kappa shape index (κ2) is 6.15. The Hall–Kier alpha value is -1.72. The number of benzene rings is 1. The van der Waals surface area contributed by atoms with E-state index in [9.17, 15) is 4.79 Å². The van der Waals surface area contributed by atoms with Gasteiger partial charge in [0.2, 0.25) is 5.78 Å². The molecule has 1 aromatic carbocycles. The van der Waals surface area contributed by atoms with Crippen LogP contribution in [0.4, 0.5) is 0 Å². The molecular formula is C15H18N2O2S. The van der Waals surface area contributed by atoms with Gasteiger partial charge in [0.15, 0.2) is 0 Å². The van der Waals surface area contributed by atoms with Crippen LogP contribution in [0.3, 0.4) is 0 Å². The summed E-state index contributed by atoms with van der Waals surface area (Å²) in [5.41, 5.74) is 6.72. The molecule has 0 radical (unpaired) electrons. The molecule has 20 heavy (non-hydrogen) atoms. The van der Waals surface area contributed by atoms with Gasteiger partial charge in [0.05, 0.1) is 17.7 Å². The number of rotatable bonds is 5. The number of ether oxygens (including phenoxy) is 1. The molecule has 0 aliphatic rings. The maximum absolute atomic E-state index is 12.5. The molecule has 2 rings (SSSR count). The van der Waals surface area contributed by atoms with Crippen molar-refractivity contribution in [2.45, 2.75) is 32.9 Å². The maximum Gasteiger partial charge on any atom is 0.215 e. The molecule has 0 amide bonds. The van der Waals surface area contributed by atoms with Crippen LogP contribution in [0.1, 0.15) is 47.9 Å². The molecule has 2 aromatic rings. The van der Waals surface area contributed by atoms with E-state index >= 15 is 0 Å². The Balaban J connectivity index is 2.32. The van der Waals surface area contributed by atoms with Crippen molar-refractivity contribution >= 4 is 17.1 Å². The molecule has 0 bridgehead atoms. The monoisotopic (exact) mass is 290 g/mol. The lowest BCUT2D eigenvalue weighted by atomic mass is 10.1. The molecular weight excluding hydrogens is 272 g/mol. The maximum atomic E-state index is 12.5. The van der Waals surface area contributed by atoms with Crippen molar-refractivity contribution in [2.75, 3.05) is 0 Å². The number of ketones is 1. The predicted molar refractivity (Wildman–Crippen MR) is 80.4 cm³/mol. The van der Waals surface area contributed by atoms with Gasteiger partial charge in [-0.15, -0.1) is 11.3 Å². The number of carbonyl (C=O) groups excluding carboxylic acids is 1. The van der Waals surface area contributed by atoms with Gasteiger partial charge in [-0.2, -0.15) is 0 Å². The molecule has 1 atom stereocenters. The van der Waals surface area contributed by atoms with Crippen LogP contribution in [0.5, 0.6) is 5.75 Å². The summed E-state index contributed by atoms with van der Waals surface area (Å²) >= 11 is 1.40. The van der Waals surface area contributed by atoms with Crippen LogP contribution in [0.2, 0.25) is 0 Å². The lowest BCUT2D eigenvalue weighted by molar-refractivity contribution is 0.102. The highest BCUT2D eigenvalue weighted by Crippen LogP contribution is 2.24. The van der Waals surface area contributed by atoms with Gasteiger partial charge in [-0.25, -0.2) is 4.98 Å². The molecule has 2 N–H and O–H groups in total. The van der Waals surface area contributed by atoms with Crippen molar-refractivity contribution in [1.82, 2.24) is 4.98 Å². The summed E-state index contributed by atoms with van der Waals surface area (Å²) in [6.07, 6.45) is 0.0130. The van der Waals surface area contributed by atoms with Crippen LogP contribution in [-0.2, 0) is 0 Å². The molecule has 106 valence electrons. The zero-order valence-electron chi connectivity index (χ0n) is 11.8. The van der Waals surface area contributed by atoms with Gasteiger partial charge in [-0.1, -0.05) is 12.1 Å². The first-order valence-electron chi connectivity index (χ1n) is 6.50. The second-order valence-electron chi connectivity index (χ2n) is 4.85. The number of thiazole rings is 1. The fourth-order valence-electron chi connectivity index (χ4n) is 1.75. The number of carbonyl (C=O) groups is 1. The standard InChI is InChI=1S/C15H18N2O2S/c1-9(2)19-13-7-5-4-6-11(13)14(18)12-8-20-15(17-12)10(3)16/h4-10H,16H2,1-3H3. The molecule has 1 aromatic heterocycles. The van der Waals surface area contributed by atoms with Crippen molar-refractivity contribution in [3.05, 3.63) is 45.9 Å². The fourth-order valence-corrected chi connectivity index (χ4v) is 2.51. The zero-order valence-corrected chi connectivity index (χ0v) is 12.6.